The molecule has 7 aliphatic rings. The van der Waals surface area contributed by atoms with E-state index in [9.17, 15) is 0 Å². The van der Waals surface area contributed by atoms with Crippen LogP contribution >= 0.6 is 0 Å². The smallest absolute Gasteiger partial charge is 0.0159 e. The highest BCUT2D eigenvalue weighted by molar-refractivity contribution is 6.29. The predicted molar refractivity (Wildman–Crippen MR) is 241 cm³/mol. The molecule has 0 spiro atoms. The second kappa shape index (κ2) is 10.5. The van der Waals surface area contributed by atoms with Crippen LogP contribution in [0.1, 0.15) is 99.2 Å². The van der Waals surface area contributed by atoms with E-state index < -0.39 is 0 Å². The van der Waals surface area contributed by atoms with E-state index in [4.69, 9.17) is 0 Å². The van der Waals surface area contributed by atoms with Gasteiger partial charge in [-0.1, -0.05) is 163 Å². The van der Waals surface area contributed by atoms with E-state index in [1.807, 2.05) is 0 Å². The summed E-state index contributed by atoms with van der Waals surface area (Å²) in [5, 5.41) is 8.38. The summed E-state index contributed by atoms with van der Waals surface area (Å²) in [6.07, 6.45) is 19.9. The van der Waals surface area contributed by atoms with Crippen molar-refractivity contribution in [2.75, 3.05) is 0 Å². The first kappa shape index (κ1) is 32.6. The van der Waals surface area contributed by atoms with Crippen molar-refractivity contribution < 1.29 is 0 Å². The van der Waals surface area contributed by atoms with E-state index in [0.717, 1.165) is 12.8 Å². The molecule has 57 heavy (non-hydrogen) atoms. The molecule has 0 aromatic heterocycles. The first-order valence-corrected chi connectivity index (χ1v) is 21.5. The molecule has 276 valence electrons. The van der Waals surface area contributed by atoms with Gasteiger partial charge in [0.05, 0.1) is 0 Å². The maximum Gasteiger partial charge on any atom is 0.0159 e. The average molecular weight is 733 g/mol. The Morgan fingerprint density at radius 2 is 1.26 bits per heavy atom. The van der Waals surface area contributed by atoms with Crippen LogP contribution in [0.3, 0.4) is 0 Å². The van der Waals surface area contributed by atoms with Crippen LogP contribution in [0, 0.1) is 17.8 Å². The number of hydrogen-bond donors (Lipinski definition) is 0. The molecule has 6 aromatic carbocycles. The third-order valence-electron chi connectivity index (χ3n) is 16.4. The Morgan fingerprint density at radius 1 is 0.561 bits per heavy atom. The van der Waals surface area contributed by atoms with Crippen LogP contribution in [-0.2, 0) is 16.2 Å². The van der Waals surface area contributed by atoms with Crippen LogP contribution in [0.15, 0.2) is 150 Å². The summed E-state index contributed by atoms with van der Waals surface area (Å²) in [7, 11) is 0. The monoisotopic (exact) mass is 732 g/mol. The van der Waals surface area contributed by atoms with Crippen LogP contribution in [0.5, 0.6) is 0 Å². The fraction of sp³-hybridized carbons (Fsp3) is 0.263. The van der Waals surface area contributed by atoms with Crippen molar-refractivity contribution in [2.45, 2.75) is 76.5 Å². The zero-order valence-electron chi connectivity index (χ0n) is 33.9. The van der Waals surface area contributed by atoms with E-state index in [2.05, 4.69) is 175 Å². The normalized spacial score (nSPS) is 25.8. The summed E-state index contributed by atoms with van der Waals surface area (Å²) in [5.41, 5.74) is 20.9. The van der Waals surface area contributed by atoms with Crippen molar-refractivity contribution in [3.63, 3.8) is 0 Å². The first-order chi connectivity index (χ1) is 27.5. The molecular weight excluding hydrogens is 685 g/mol. The Balaban J connectivity index is 0.918. The molecule has 0 heteroatoms. The minimum atomic E-state index is 0.00390. The van der Waals surface area contributed by atoms with E-state index in [-0.39, 0.29) is 16.2 Å². The van der Waals surface area contributed by atoms with Crippen LogP contribution < -0.4 is 0 Å². The summed E-state index contributed by atoms with van der Waals surface area (Å²) in [6.45, 7) is 14.7. The third kappa shape index (κ3) is 3.91. The highest BCUT2D eigenvalue weighted by Gasteiger charge is 2.50. The summed E-state index contributed by atoms with van der Waals surface area (Å²) < 4.78 is 0. The van der Waals surface area contributed by atoms with Gasteiger partial charge in [-0.3, -0.25) is 0 Å². The van der Waals surface area contributed by atoms with Crippen LogP contribution in [-0.4, -0.2) is 0 Å². The fourth-order valence-corrected chi connectivity index (χ4v) is 13.4. The number of fused-ring (bicyclic) bond motifs is 9. The standard InChI is InChI=1S/C57H48/c1-55(2)45-25-21-33(31-19-23-35-37-11-7-15-47-51(37)53-39(41(35)27-31)13-9-17-49(53)56(47,3)4)29-43(45)44-30-34(22-26-46(44)55)32-20-24-36-38-12-8-16-48-52(38)54-40(42(36)28-32)14-10-18-50(54)57(48,5)6/h7-17,19-25,27-30,36,42,46,50H,18,26H2,1-6H3. The molecule has 0 N–H and O–H groups in total. The largest absolute Gasteiger partial charge is 0.0836 e. The average Bonchev–Trinajstić information content (AvgIpc) is 3.72. The quantitative estimate of drug-likeness (QED) is 0.156. The Bertz CT molecular complexity index is 3100. The van der Waals surface area contributed by atoms with Crippen molar-refractivity contribution in [3.05, 3.63) is 189 Å². The van der Waals surface area contributed by atoms with Gasteiger partial charge in [-0.15, -0.1) is 0 Å². The highest BCUT2D eigenvalue weighted by Crippen LogP contribution is 2.62. The van der Waals surface area contributed by atoms with Gasteiger partial charge in [-0.2, -0.15) is 0 Å². The van der Waals surface area contributed by atoms with Gasteiger partial charge in [0.2, 0.25) is 0 Å². The van der Waals surface area contributed by atoms with Gasteiger partial charge >= 0.3 is 0 Å². The van der Waals surface area contributed by atoms with Crippen molar-refractivity contribution in [2.24, 2.45) is 17.8 Å². The maximum absolute atomic E-state index is 2.64. The van der Waals surface area contributed by atoms with Gasteiger partial charge in [-0.25, -0.2) is 0 Å². The Hall–Kier alpha value is -5.46. The lowest BCUT2D eigenvalue weighted by atomic mass is 9.65. The molecule has 7 aliphatic carbocycles. The maximum atomic E-state index is 2.64. The second-order valence-electron chi connectivity index (χ2n) is 20.0. The number of allylic oxidation sites excluding steroid dienone is 12. The van der Waals surface area contributed by atoms with E-state index >= 15 is 0 Å². The molecule has 0 aliphatic heterocycles. The van der Waals surface area contributed by atoms with Crippen LogP contribution in [0.2, 0.25) is 0 Å². The molecule has 4 unspecified atom stereocenters. The summed E-state index contributed by atoms with van der Waals surface area (Å²) in [4.78, 5) is 0. The SMILES string of the molecule is CC1(C)c2cccc3c4ccc(-c5ccc6c(c5)C5=CC(C7=CC8C9=C%10c%11c(cccc%11C(C)(C)C%10CC=C9)C8C=C7)=CCC5C6(C)C)cc4c4cccc1c4c23. The number of rotatable bonds is 2. The molecule has 4 atom stereocenters. The third-order valence-corrected chi connectivity index (χ3v) is 16.4. The molecule has 13 rings (SSSR count). The van der Waals surface area contributed by atoms with E-state index in [0.29, 0.717) is 23.7 Å². The molecule has 0 saturated heterocycles. The van der Waals surface area contributed by atoms with Gasteiger partial charge < -0.3 is 0 Å². The zero-order chi connectivity index (χ0) is 38.3. The Labute approximate surface area is 336 Å². The van der Waals surface area contributed by atoms with Gasteiger partial charge in [0.25, 0.3) is 0 Å². The molecular formula is C57H48. The predicted octanol–water partition coefficient (Wildman–Crippen LogP) is 14.6. The molecule has 0 radical (unpaired) electrons. The van der Waals surface area contributed by atoms with Crippen molar-refractivity contribution in [1.82, 2.24) is 0 Å². The molecule has 0 nitrogen and oxygen atoms in total. The van der Waals surface area contributed by atoms with E-state index in [1.165, 1.54) is 82.4 Å². The summed E-state index contributed by atoms with van der Waals surface area (Å²) in [5.74, 6) is 1.82. The lowest BCUT2D eigenvalue weighted by Crippen LogP contribution is -2.27. The molecule has 0 amide bonds. The van der Waals surface area contributed by atoms with Gasteiger partial charge in [0, 0.05) is 17.3 Å². The lowest BCUT2D eigenvalue weighted by molar-refractivity contribution is 0.412. The van der Waals surface area contributed by atoms with Crippen LogP contribution in [0.25, 0.3) is 54.6 Å². The number of benzene rings is 6. The topological polar surface area (TPSA) is 0 Å². The zero-order valence-corrected chi connectivity index (χ0v) is 33.9. The van der Waals surface area contributed by atoms with Gasteiger partial charge in [-0.05, 0) is 158 Å². The number of hydrogen-bond acceptors (Lipinski definition) is 0. The fourth-order valence-electron chi connectivity index (χ4n) is 13.4. The molecule has 6 aromatic rings. The lowest BCUT2D eigenvalue weighted by Gasteiger charge is -2.38. The highest BCUT2D eigenvalue weighted by atomic mass is 14.5. The van der Waals surface area contributed by atoms with Crippen molar-refractivity contribution >= 4 is 43.5 Å². The molecule has 0 heterocycles. The summed E-state index contributed by atoms with van der Waals surface area (Å²) >= 11 is 0. The van der Waals surface area contributed by atoms with E-state index in [1.54, 1.807) is 27.8 Å². The second-order valence-corrected chi connectivity index (χ2v) is 20.0. The minimum Gasteiger partial charge on any atom is -0.0836 e. The van der Waals surface area contributed by atoms with Gasteiger partial charge in [0.15, 0.2) is 0 Å². The summed E-state index contributed by atoms with van der Waals surface area (Å²) in [6, 6.07) is 35.7. The molecule has 0 saturated carbocycles. The minimum absolute atomic E-state index is 0.00390. The van der Waals surface area contributed by atoms with Crippen molar-refractivity contribution in [1.29, 1.82) is 0 Å². The molecule has 0 bridgehead atoms. The van der Waals surface area contributed by atoms with Crippen LogP contribution in [0.4, 0.5) is 0 Å². The first-order valence-electron chi connectivity index (χ1n) is 21.5. The van der Waals surface area contributed by atoms with Gasteiger partial charge in [0.1, 0.15) is 0 Å². The molecule has 0 fully saturated rings. The Morgan fingerprint density at radius 3 is 2.07 bits per heavy atom. The van der Waals surface area contributed by atoms with Crippen molar-refractivity contribution in [3.8, 4) is 11.1 Å². The Kier molecular flexibility index (Phi) is 6.02.